The first-order chi connectivity index (χ1) is 17.5. The van der Waals surface area contributed by atoms with Crippen molar-refractivity contribution in [3.05, 3.63) is 30.1 Å². The van der Waals surface area contributed by atoms with Crippen LogP contribution >= 0.6 is 0 Å². The molecule has 2 aliphatic carbocycles. The van der Waals surface area contributed by atoms with E-state index < -0.39 is 17.5 Å². The molecule has 11 nitrogen and oxygen atoms in total. The first-order valence-electron chi connectivity index (χ1n) is 12.9. The standard InChI is InChI=1S/C22H33N5O2.2C2H4O2/c23-22(9-3-10-22)21(29)26-14-19-8-7-18(27(19)15-16-5-6-16)12-20(28)25-13-17-4-1-2-11-24-17;2*1-2(3)4/h1-2,4,11,16,18-19H,3,5-10,12-15,23H2,(H,25,28)(H,26,29);2*1H3,(H,3,4)/t18-,19+;;/m1../s1. The minimum atomic E-state index is -0.833. The monoisotopic (exact) mass is 519 g/mol. The molecule has 3 fully saturated rings. The number of nitrogens with two attached hydrogens (primary N) is 1. The summed E-state index contributed by atoms with van der Waals surface area (Å²) in [5, 5.41) is 20.9. The molecule has 2 saturated carbocycles. The lowest BCUT2D eigenvalue weighted by Crippen LogP contribution is -2.59. The van der Waals surface area contributed by atoms with E-state index in [1.54, 1.807) is 6.20 Å². The zero-order valence-corrected chi connectivity index (χ0v) is 21.8. The molecule has 0 unspecified atom stereocenters. The van der Waals surface area contributed by atoms with Crippen LogP contribution in [-0.4, -0.2) is 74.6 Å². The average molecular weight is 520 g/mol. The Labute approximate surface area is 218 Å². The van der Waals surface area contributed by atoms with Gasteiger partial charge in [0.2, 0.25) is 11.8 Å². The summed E-state index contributed by atoms with van der Waals surface area (Å²) in [4.78, 5) is 49.6. The van der Waals surface area contributed by atoms with E-state index in [9.17, 15) is 9.59 Å². The van der Waals surface area contributed by atoms with Crippen molar-refractivity contribution in [3.8, 4) is 0 Å². The number of hydrogen-bond acceptors (Lipinski definition) is 7. The zero-order chi connectivity index (χ0) is 27.4. The van der Waals surface area contributed by atoms with E-state index in [1.807, 2.05) is 18.2 Å². The first kappa shape index (κ1) is 30.2. The summed E-state index contributed by atoms with van der Waals surface area (Å²) in [6.07, 6.45) is 9.43. The number of pyridine rings is 1. The Balaban J connectivity index is 0.000000530. The van der Waals surface area contributed by atoms with Crippen LogP contribution in [0.4, 0.5) is 0 Å². The molecule has 1 aromatic heterocycles. The van der Waals surface area contributed by atoms with Gasteiger partial charge in [-0.1, -0.05) is 6.07 Å². The molecule has 4 rings (SSSR count). The van der Waals surface area contributed by atoms with Gasteiger partial charge >= 0.3 is 0 Å². The molecule has 11 heteroatoms. The molecule has 1 aromatic rings. The Hall–Kier alpha value is -3.05. The number of nitrogens with zero attached hydrogens (tertiary/aromatic N) is 2. The van der Waals surface area contributed by atoms with Gasteiger partial charge in [0.15, 0.2) is 0 Å². The molecule has 0 radical (unpaired) electrons. The number of likely N-dealkylation sites (tertiary alicyclic amines) is 1. The molecule has 1 saturated heterocycles. The highest BCUT2D eigenvalue weighted by atomic mass is 16.4. The summed E-state index contributed by atoms with van der Waals surface area (Å²) in [5.41, 5.74) is 6.37. The number of aliphatic carboxylic acids is 2. The highest BCUT2D eigenvalue weighted by molar-refractivity contribution is 5.87. The lowest BCUT2D eigenvalue weighted by atomic mass is 9.77. The minimum absolute atomic E-state index is 0.00771. The Morgan fingerprint density at radius 2 is 1.65 bits per heavy atom. The lowest BCUT2D eigenvalue weighted by molar-refractivity contribution is -0.135. The van der Waals surface area contributed by atoms with Gasteiger partial charge < -0.3 is 26.6 Å². The maximum absolute atomic E-state index is 12.5. The number of amides is 2. The molecule has 0 spiro atoms. The maximum Gasteiger partial charge on any atom is 0.300 e. The van der Waals surface area contributed by atoms with Gasteiger partial charge in [-0.2, -0.15) is 0 Å². The van der Waals surface area contributed by atoms with Crippen LogP contribution in [-0.2, 0) is 25.7 Å². The van der Waals surface area contributed by atoms with Gasteiger partial charge in [0.25, 0.3) is 11.9 Å². The lowest BCUT2D eigenvalue weighted by Gasteiger charge is -2.37. The average Bonchev–Trinajstić information content (AvgIpc) is 3.56. The number of carbonyl (C=O) groups excluding carboxylic acids is 2. The molecule has 37 heavy (non-hydrogen) atoms. The summed E-state index contributed by atoms with van der Waals surface area (Å²) in [6, 6.07) is 6.26. The number of aromatic nitrogens is 1. The van der Waals surface area contributed by atoms with Crippen LogP contribution in [0.25, 0.3) is 0 Å². The van der Waals surface area contributed by atoms with Crippen LogP contribution in [0.2, 0.25) is 0 Å². The maximum atomic E-state index is 12.5. The molecule has 2 amide bonds. The predicted molar refractivity (Wildman–Crippen MR) is 137 cm³/mol. The van der Waals surface area contributed by atoms with Crippen LogP contribution in [0.5, 0.6) is 0 Å². The number of carboxylic acids is 2. The van der Waals surface area contributed by atoms with Gasteiger partial charge in [-0.3, -0.25) is 29.1 Å². The summed E-state index contributed by atoms with van der Waals surface area (Å²) in [7, 11) is 0. The number of rotatable bonds is 9. The predicted octanol–water partition coefficient (Wildman–Crippen LogP) is 1.51. The van der Waals surface area contributed by atoms with E-state index in [1.165, 1.54) is 12.8 Å². The molecular formula is C26H41N5O6. The Morgan fingerprint density at radius 1 is 1.03 bits per heavy atom. The summed E-state index contributed by atoms with van der Waals surface area (Å²) < 4.78 is 0. The highest BCUT2D eigenvalue weighted by Crippen LogP contribution is 2.35. The number of hydrogen-bond donors (Lipinski definition) is 5. The van der Waals surface area contributed by atoms with Gasteiger partial charge in [-0.05, 0) is 63.0 Å². The van der Waals surface area contributed by atoms with E-state index in [0.717, 1.165) is 64.1 Å². The van der Waals surface area contributed by atoms with Crippen LogP contribution in [0.1, 0.15) is 70.9 Å². The first-order valence-corrected chi connectivity index (χ1v) is 12.9. The van der Waals surface area contributed by atoms with Gasteiger partial charge in [0.1, 0.15) is 0 Å². The fourth-order valence-corrected chi connectivity index (χ4v) is 4.50. The molecule has 206 valence electrons. The van der Waals surface area contributed by atoms with Crippen molar-refractivity contribution in [1.82, 2.24) is 20.5 Å². The Kier molecular flexibility index (Phi) is 11.9. The molecular weight excluding hydrogens is 478 g/mol. The molecule has 0 bridgehead atoms. The molecule has 2 heterocycles. The van der Waals surface area contributed by atoms with E-state index in [2.05, 4.69) is 20.5 Å². The van der Waals surface area contributed by atoms with E-state index in [-0.39, 0.29) is 17.9 Å². The quantitative estimate of drug-likeness (QED) is 0.324. The normalized spacial score (nSPS) is 21.7. The molecule has 2 atom stereocenters. The van der Waals surface area contributed by atoms with Gasteiger partial charge in [-0.25, -0.2) is 0 Å². The van der Waals surface area contributed by atoms with Gasteiger partial charge in [-0.15, -0.1) is 0 Å². The summed E-state index contributed by atoms with van der Waals surface area (Å²) in [6.45, 7) is 4.30. The topological polar surface area (TPSA) is 175 Å². The smallest absolute Gasteiger partial charge is 0.300 e. The molecule has 3 aliphatic rings. The largest absolute Gasteiger partial charge is 0.481 e. The van der Waals surface area contributed by atoms with Crippen molar-refractivity contribution in [1.29, 1.82) is 0 Å². The molecule has 6 N–H and O–H groups in total. The number of carbonyl (C=O) groups is 4. The van der Waals surface area contributed by atoms with Crippen LogP contribution in [0.3, 0.4) is 0 Å². The van der Waals surface area contributed by atoms with Crippen molar-refractivity contribution in [2.45, 2.75) is 89.4 Å². The van der Waals surface area contributed by atoms with Crippen molar-refractivity contribution in [2.24, 2.45) is 11.7 Å². The van der Waals surface area contributed by atoms with Gasteiger partial charge in [0.05, 0.1) is 17.8 Å². The van der Waals surface area contributed by atoms with Crippen LogP contribution in [0, 0.1) is 5.92 Å². The third kappa shape index (κ3) is 11.3. The van der Waals surface area contributed by atoms with Crippen molar-refractivity contribution in [3.63, 3.8) is 0 Å². The Bertz CT molecular complexity index is 884. The molecule has 0 aromatic carbocycles. The van der Waals surface area contributed by atoms with Crippen LogP contribution < -0.4 is 16.4 Å². The number of nitrogens with one attached hydrogen (secondary N) is 2. The van der Waals surface area contributed by atoms with Crippen molar-refractivity contribution >= 4 is 23.8 Å². The molecule has 1 aliphatic heterocycles. The fraction of sp³-hybridized carbons (Fsp3) is 0.654. The third-order valence-corrected chi connectivity index (χ3v) is 6.75. The van der Waals surface area contributed by atoms with E-state index >= 15 is 0 Å². The fourth-order valence-electron chi connectivity index (χ4n) is 4.50. The minimum Gasteiger partial charge on any atom is -0.481 e. The van der Waals surface area contributed by atoms with E-state index in [4.69, 9.17) is 25.5 Å². The SMILES string of the molecule is CC(=O)O.CC(=O)O.NC1(C(=O)NC[C@@H]2CC[C@H](CC(=O)NCc3ccccn3)N2CC2CC2)CCC1. The summed E-state index contributed by atoms with van der Waals surface area (Å²) >= 11 is 0. The van der Waals surface area contributed by atoms with Crippen LogP contribution in [0.15, 0.2) is 24.4 Å². The van der Waals surface area contributed by atoms with Gasteiger partial charge in [0, 0.05) is 51.6 Å². The van der Waals surface area contributed by atoms with Crippen molar-refractivity contribution < 1.29 is 29.4 Å². The zero-order valence-electron chi connectivity index (χ0n) is 21.8. The second kappa shape index (κ2) is 14.6. The third-order valence-electron chi connectivity index (χ3n) is 6.75. The Morgan fingerprint density at radius 3 is 2.16 bits per heavy atom. The van der Waals surface area contributed by atoms with Crippen molar-refractivity contribution in [2.75, 3.05) is 13.1 Å². The summed E-state index contributed by atoms with van der Waals surface area (Å²) in [5.74, 6) is -0.856. The number of carboxylic acid groups (broad SMARTS) is 2. The second-order valence-electron chi connectivity index (χ2n) is 10.1. The highest BCUT2D eigenvalue weighted by Gasteiger charge is 2.42. The van der Waals surface area contributed by atoms with E-state index in [0.29, 0.717) is 25.6 Å². The second-order valence-corrected chi connectivity index (χ2v) is 10.1.